The van der Waals surface area contributed by atoms with E-state index in [0.29, 0.717) is 36.2 Å². The first-order valence-corrected chi connectivity index (χ1v) is 11.3. The zero-order chi connectivity index (χ0) is 22.1. The first kappa shape index (κ1) is 21.2. The number of hydrogen-bond acceptors (Lipinski definition) is 6. The van der Waals surface area contributed by atoms with Gasteiger partial charge in [-0.2, -0.15) is 0 Å². The molecule has 3 heterocycles. The van der Waals surface area contributed by atoms with Crippen molar-refractivity contribution in [2.75, 3.05) is 18.5 Å². The molecule has 1 saturated carbocycles. The van der Waals surface area contributed by atoms with Crippen LogP contribution in [0.1, 0.15) is 50.4 Å². The minimum Gasteiger partial charge on any atom is -0.393 e. The van der Waals surface area contributed by atoms with Crippen molar-refractivity contribution in [3.05, 3.63) is 41.9 Å². The number of hydrogen-bond donors (Lipinski definition) is 2. The van der Waals surface area contributed by atoms with Crippen LogP contribution in [0, 0.1) is 17.6 Å². The van der Waals surface area contributed by atoms with Gasteiger partial charge < -0.3 is 15.2 Å². The highest BCUT2D eigenvalue weighted by molar-refractivity contribution is 5.75. The molecular weight excluding hydrogens is 416 g/mol. The maximum atomic E-state index is 14.3. The Hall–Kier alpha value is -2.65. The fourth-order valence-electron chi connectivity index (χ4n) is 4.74. The molecule has 2 aliphatic rings. The van der Waals surface area contributed by atoms with E-state index in [4.69, 9.17) is 9.72 Å². The molecule has 1 aromatic carbocycles. The quantitative estimate of drug-likeness (QED) is 0.612. The maximum absolute atomic E-state index is 14.3. The van der Waals surface area contributed by atoms with E-state index in [0.717, 1.165) is 50.8 Å². The normalized spacial score (nSPS) is 22.3. The number of ether oxygens (including phenoxy) is 1. The third-order valence-electron chi connectivity index (χ3n) is 6.53. The molecule has 170 valence electrons. The average molecular weight is 443 g/mol. The van der Waals surface area contributed by atoms with Crippen LogP contribution in [0.15, 0.2) is 24.4 Å². The molecule has 0 amide bonds. The Morgan fingerprint density at radius 3 is 2.47 bits per heavy atom. The summed E-state index contributed by atoms with van der Waals surface area (Å²) < 4.78 is 36.1. The Kier molecular flexibility index (Phi) is 6.01. The monoisotopic (exact) mass is 443 g/mol. The highest BCUT2D eigenvalue weighted by atomic mass is 19.1. The van der Waals surface area contributed by atoms with Gasteiger partial charge in [-0.05, 0) is 56.6 Å². The van der Waals surface area contributed by atoms with Gasteiger partial charge in [-0.15, -0.1) is 0 Å². The Labute approximate surface area is 184 Å². The van der Waals surface area contributed by atoms with E-state index in [1.54, 1.807) is 6.20 Å². The SMILES string of the molecule is OC1CCC(Cc2ncc3nc(Nc4c(F)cccc4F)n(C4CCOCC4)c3n2)CC1. The second kappa shape index (κ2) is 9.07. The van der Waals surface area contributed by atoms with E-state index in [9.17, 15) is 13.9 Å². The number of anilines is 2. The van der Waals surface area contributed by atoms with Crippen LogP contribution in [-0.2, 0) is 11.2 Å². The van der Waals surface area contributed by atoms with Gasteiger partial charge in [0, 0.05) is 25.7 Å². The minimum atomic E-state index is -0.679. The predicted octanol–water partition coefficient (Wildman–Crippen LogP) is 4.29. The first-order valence-electron chi connectivity index (χ1n) is 11.3. The number of rotatable bonds is 5. The number of fused-ring (bicyclic) bond motifs is 1. The number of aliphatic hydroxyl groups is 1. The molecule has 1 aliphatic heterocycles. The lowest BCUT2D eigenvalue weighted by Crippen LogP contribution is -2.22. The van der Waals surface area contributed by atoms with Gasteiger partial charge in [0.1, 0.15) is 28.7 Å². The molecule has 9 heteroatoms. The molecule has 3 aromatic rings. The van der Waals surface area contributed by atoms with E-state index >= 15 is 0 Å². The van der Waals surface area contributed by atoms with Crippen molar-refractivity contribution in [3.63, 3.8) is 0 Å². The van der Waals surface area contributed by atoms with Crippen LogP contribution in [0.25, 0.3) is 11.2 Å². The molecule has 0 atom stereocenters. The highest BCUT2D eigenvalue weighted by Crippen LogP contribution is 2.33. The van der Waals surface area contributed by atoms with Gasteiger partial charge in [-0.1, -0.05) is 6.07 Å². The summed E-state index contributed by atoms with van der Waals surface area (Å²) in [6, 6.07) is 3.82. The standard InChI is InChI=1S/C23H27F2N5O2/c24-17-2-1-3-18(25)21(17)29-23-27-19-13-26-20(12-14-4-6-16(31)7-5-14)28-22(19)30(23)15-8-10-32-11-9-15/h1-3,13-16,31H,4-12H2,(H,27,29). The number of nitrogens with zero attached hydrogens (tertiary/aromatic N) is 4. The van der Waals surface area contributed by atoms with Gasteiger partial charge in [0.15, 0.2) is 5.65 Å². The van der Waals surface area contributed by atoms with Crippen LogP contribution in [0.2, 0.25) is 0 Å². The van der Waals surface area contributed by atoms with E-state index in [1.807, 2.05) is 4.57 Å². The second-order valence-corrected chi connectivity index (χ2v) is 8.74. The van der Waals surface area contributed by atoms with E-state index in [1.165, 1.54) is 18.2 Å². The van der Waals surface area contributed by atoms with Crippen LogP contribution >= 0.6 is 0 Å². The van der Waals surface area contributed by atoms with Crippen LogP contribution in [0.4, 0.5) is 20.4 Å². The third-order valence-corrected chi connectivity index (χ3v) is 6.53. The first-order chi connectivity index (χ1) is 15.6. The Balaban J connectivity index is 1.51. The van der Waals surface area contributed by atoms with Gasteiger partial charge in [0.05, 0.1) is 12.3 Å². The summed E-state index contributed by atoms with van der Waals surface area (Å²) in [4.78, 5) is 13.9. The van der Waals surface area contributed by atoms with Crippen molar-refractivity contribution in [1.29, 1.82) is 0 Å². The van der Waals surface area contributed by atoms with Gasteiger partial charge in [-0.25, -0.2) is 23.7 Å². The molecule has 0 spiro atoms. The van der Waals surface area contributed by atoms with Gasteiger partial charge in [-0.3, -0.25) is 4.57 Å². The molecule has 1 aliphatic carbocycles. The predicted molar refractivity (Wildman–Crippen MR) is 116 cm³/mol. The molecule has 32 heavy (non-hydrogen) atoms. The fourth-order valence-corrected chi connectivity index (χ4v) is 4.74. The van der Waals surface area contributed by atoms with Gasteiger partial charge in [0.2, 0.25) is 5.95 Å². The summed E-state index contributed by atoms with van der Waals surface area (Å²) in [6.45, 7) is 1.22. The van der Waals surface area contributed by atoms with E-state index in [-0.39, 0.29) is 17.8 Å². The summed E-state index contributed by atoms with van der Waals surface area (Å²) in [5, 5.41) is 12.6. The van der Waals surface area contributed by atoms with E-state index in [2.05, 4.69) is 15.3 Å². The summed E-state index contributed by atoms with van der Waals surface area (Å²) in [5.74, 6) is 0.169. The molecule has 0 bridgehead atoms. The van der Waals surface area contributed by atoms with Gasteiger partial charge >= 0.3 is 0 Å². The van der Waals surface area contributed by atoms with Gasteiger partial charge in [0.25, 0.3) is 0 Å². The third kappa shape index (κ3) is 4.31. The number of nitrogens with one attached hydrogen (secondary N) is 1. The molecule has 2 fully saturated rings. The van der Waals surface area contributed by atoms with Crippen molar-refractivity contribution in [3.8, 4) is 0 Å². The topological polar surface area (TPSA) is 85.1 Å². The van der Waals surface area contributed by atoms with Crippen LogP contribution in [0.5, 0.6) is 0 Å². The molecular formula is C23H27F2N5O2. The number of para-hydroxylation sites is 1. The van der Waals surface area contributed by atoms with Crippen molar-refractivity contribution >= 4 is 22.8 Å². The summed E-state index contributed by atoms with van der Waals surface area (Å²) in [5.41, 5.74) is 1.01. The number of aliphatic hydroxyl groups excluding tert-OH is 1. The molecule has 7 nitrogen and oxygen atoms in total. The molecule has 2 aromatic heterocycles. The Morgan fingerprint density at radius 1 is 1.03 bits per heavy atom. The van der Waals surface area contributed by atoms with Crippen molar-refractivity contribution in [2.45, 2.75) is 57.1 Å². The largest absolute Gasteiger partial charge is 0.393 e. The zero-order valence-electron chi connectivity index (χ0n) is 17.8. The Bertz CT molecular complexity index is 1070. The average Bonchev–Trinajstić information content (AvgIpc) is 3.16. The number of imidazole rings is 1. The van der Waals surface area contributed by atoms with Crippen molar-refractivity contribution in [2.24, 2.45) is 5.92 Å². The van der Waals surface area contributed by atoms with Crippen LogP contribution in [-0.4, -0.2) is 43.9 Å². The second-order valence-electron chi connectivity index (χ2n) is 8.74. The smallest absolute Gasteiger partial charge is 0.210 e. The lowest BCUT2D eigenvalue weighted by atomic mass is 9.85. The molecule has 0 unspecified atom stereocenters. The summed E-state index contributed by atoms with van der Waals surface area (Å²) in [6.07, 6.45) is 7.31. The number of benzene rings is 1. The summed E-state index contributed by atoms with van der Waals surface area (Å²) in [7, 11) is 0. The lowest BCUT2D eigenvalue weighted by molar-refractivity contribution is 0.0709. The molecule has 5 rings (SSSR count). The van der Waals surface area contributed by atoms with Crippen molar-refractivity contribution in [1.82, 2.24) is 19.5 Å². The van der Waals surface area contributed by atoms with Crippen LogP contribution in [0.3, 0.4) is 0 Å². The molecule has 1 saturated heterocycles. The van der Waals surface area contributed by atoms with Crippen LogP contribution < -0.4 is 5.32 Å². The van der Waals surface area contributed by atoms with Crippen molar-refractivity contribution < 1.29 is 18.6 Å². The maximum Gasteiger partial charge on any atom is 0.210 e. The number of aromatic nitrogens is 4. The molecule has 2 N–H and O–H groups in total. The molecule has 0 radical (unpaired) electrons. The fraction of sp³-hybridized carbons (Fsp3) is 0.522. The number of halogens is 2. The minimum absolute atomic E-state index is 0.0543. The summed E-state index contributed by atoms with van der Waals surface area (Å²) >= 11 is 0. The Morgan fingerprint density at radius 2 is 1.75 bits per heavy atom. The van der Waals surface area contributed by atoms with E-state index < -0.39 is 11.6 Å². The highest BCUT2D eigenvalue weighted by Gasteiger charge is 2.26. The zero-order valence-corrected chi connectivity index (χ0v) is 17.8. The lowest BCUT2D eigenvalue weighted by Gasteiger charge is -2.26.